The number of methoxy groups -OCH3 is 1. The van der Waals surface area contributed by atoms with Gasteiger partial charge in [-0.25, -0.2) is 4.98 Å². The summed E-state index contributed by atoms with van der Waals surface area (Å²) in [5, 5.41) is 10.1. The summed E-state index contributed by atoms with van der Waals surface area (Å²) in [6, 6.07) is 4.07. The fourth-order valence-electron chi connectivity index (χ4n) is 5.00. The van der Waals surface area contributed by atoms with Crippen LogP contribution in [0.25, 0.3) is 0 Å². The van der Waals surface area contributed by atoms with Crippen LogP contribution < -0.4 is 9.47 Å². The summed E-state index contributed by atoms with van der Waals surface area (Å²) in [5.74, 6) is 2.50. The molecule has 0 bridgehead atoms. The van der Waals surface area contributed by atoms with Gasteiger partial charge in [-0.2, -0.15) is 4.98 Å². The maximum absolute atomic E-state index is 10.1. The minimum absolute atomic E-state index is 0.183. The standard InChI is InChI=1S/C22H27N3O3/c1-14-23-10-18(15-4-3-5-16(26)8-15)20(25-14)28-13-21-11-22(21,12-21)19-7-6-17(27-2)9-24-19/h6-7,9-10,15-16,26H,3-5,8,11-13H2,1-2H3/t15-,16+,21?,22?/m1/s1. The molecular weight excluding hydrogens is 354 g/mol. The quantitative estimate of drug-likeness (QED) is 0.827. The highest BCUT2D eigenvalue weighted by Gasteiger charge is 2.84. The zero-order valence-corrected chi connectivity index (χ0v) is 16.5. The SMILES string of the molecule is COc1ccc(C23CC2(COc2nc(C)ncc2[C@@H]2CCC[C@H](O)C2)C3)nc1. The average Bonchev–Trinajstić information content (AvgIpc) is 3.54. The summed E-state index contributed by atoms with van der Waals surface area (Å²) >= 11 is 0. The molecule has 0 aliphatic heterocycles. The summed E-state index contributed by atoms with van der Waals surface area (Å²) in [6.45, 7) is 2.56. The fraction of sp³-hybridized carbons (Fsp3) is 0.591. The van der Waals surface area contributed by atoms with E-state index in [1.807, 2.05) is 19.2 Å². The van der Waals surface area contributed by atoms with Crippen molar-refractivity contribution in [3.05, 3.63) is 41.6 Å². The van der Waals surface area contributed by atoms with Crippen LogP contribution in [-0.4, -0.2) is 39.9 Å². The number of aliphatic hydroxyl groups excluding tert-OH is 1. The van der Waals surface area contributed by atoms with E-state index >= 15 is 0 Å². The van der Waals surface area contributed by atoms with Crippen LogP contribution in [0, 0.1) is 12.3 Å². The van der Waals surface area contributed by atoms with E-state index in [1.165, 1.54) is 0 Å². The van der Waals surface area contributed by atoms with Gasteiger partial charge in [0.2, 0.25) is 5.88 Å². The van der Waals surface area contributed by atoms with Gasteiger partial charge in [-0.3, -0.25) is 4.98 Å². The van der Waals surface area contributed by atoms with Crippen molar-refractivity contribution in [2.24, 2.45) is 5.41 Å². The molecule has 2 heterocycles. The summed E-state index contributed by atoms with van der Waals surface area (Å²) in [4.78, 5) is 13.6. The molecule has 3 saturated carbocycles. The first-order valence-electron chi connectivity index (χ1n) is 10.2. The normalized spacial score (nSPS) is 33.1. The Labute approximate surface area is 165 Å². The second kappa shape index (κ2) is 6.41. The van der Waals surface area contributed by atoms with E-state index in [9.17, 15) is 5.11 Å². The van der Waals surface area contributed by atoms with Crippen molar-refractivity contribution in [1.29, 1.82) is 0 Å². The molecule has 0 unspecified atom stereocenters. The summed E-state index contributed by atoms with van der Waals surface area (Å²) in [5.41, 5.74) is 2.58. The van der Waals surface area contributed by atoms with Crippen molar-refractivity contribution < 1.29 is 14.6 Å². The monoisotopic (exact) mass is 381 g/mol. The highest BCUT2D eigenvalue weighted by atomic mass is 16.5. The Morgan fingerprint density at radius 1 is 1.18 bits per heavy atom. The van der Waals surface area contributed by atoms with E-state index in [0.29, 0.717) is 12.5 Å². The van der Waals surface area contributed by atoms with E-state index in [1.54, 1.807) is 13.3 Å². The lowest BCUT2D eigenvalue weighted by molar-refractivity contribution is 0.118. The topological polar surface area (TPSA) is 77.4 Å². The van der Waals surface area contributed by atoms with Crippen LogP contribution in [-0.2, 0) is 5.41 Å². The molecule has 5 rings (SSSR count). The predicted octanol–water partition coefficient (Wildman–Crippen LogP) is 3.32. The van der Waals surface area contributed by atoms with Gasteiger partial charge in [-0.1, -0.05) is 6.42 Å². The molecule has 0 spiro atoms. The highest BCUT2D eigenvalue weighted by Crippen LogP contribution is 2.85. The lowest BCUT2D eigenvalue weighted by Gasteiger charge is -2.27. The van der Waals surface area contributed by atoms with Gasteiger partial charge in [0.15, 0.2) is 0 Å². The first-order chi connectivity index (χ1) is 13.6. The molecule has 2 atom stereocenters. The molecule has 2 aromatic heterocycles. The van der Waals surface area contributed by atoms with Crippen molar-refractivity contribution in [3.8, 4) is 11.6 Å². The van der Waals surface area contributed by atoms with Gasteiger partial charge in [0.1, 0.15) is 11.6 Å². The molecular formula is C22H27N3O3. The number of nitrogens with zero attached hydrogens (tertiary/aromatic N) is 3. The molecule has 3 aliphatic carbocycles. The number of pyridine rings is 1. The second-order valence-electron chi connectivity index (χ2n) is 8.78. The molecule has 3 fully saturated rings. The van der Waals surface area contributed by atoms with E-state index in [0.717, 1.165) is 61.4 Å². The van der Waals surface area contributed by atoms with Gasteiger partial charge < -0.3 is 14.6 Å². The zero-order chi connectivity index (χ0) is 19.4. The number of ether oxygens (including phenoxy) is 2. The molecule has 148 valence electrons. The van der Waals surface area contributed by atoms with Crippen LogP contribution in [0.4, 0.5) is 0 Å². The number of rotatable bonds is 6. The van der Waals surface area contributed by atoms with Gasteiger partial charge in [0.05, 0.1) is 26.0 Å². The Bertz CT molecular complexity index is 877. The largest absolute Gasteiger partial charge is 0.495 e. The number of fused-ring (bicyclic) bond motifs is 1. The van der Waals surface area contributed by atoms with Crippen molar-refractivity contribution in [2.75, 3.05) is 13.7 Å². The van der Waals surface area contributed by atoms with Crippen molar-refractivity contribution in [3.63, 3.8) is 0 Å². The van der Waals surface area contributed by atoms with Crippen LogP contribution in [0.3, 0.4) is 0 Å². The van der Waals surface area contributed by atoms with Crippen LogP contribution in [0.15, 0.2) is 24.5 Å². The van der Waals surface area contributed by atoms with Crippen molar-refractivity contribution in [2.45, 2.75) is 62.9 Å². The predicted molar refractivity (Wildman–Crippen MR) is 104 cm³/mol. The smallest absolute Gasteiger partial charge is 0.220 e. The van der Waals surface area contributed by atoms with Gasteiger partial charge in [0, 0.05) is 28.3 Å². The molecule has 1 N–H and O–H groups in total. The van der Waals surface area contributed by atoms with Crippen molar-refractivity contribution in [1.82, 2.24) is 15.0 Å². The Morgan fingerprint density at radius 2 is 2.04 bits per heavy atom. The highest BCUT2D eigenvalue weighted by molar-refractivity contribution is 5.48. The molecule has 0 radical (unpaired) electrons. The zero-order valence-electron chi connectivity index (χ0n) is 16.5. The minimum Gasteiger partial charge on any atom is -0.495 e. The number of aromatic nitrogens is 3. The summed E-state index contributed by atoms with van der Waals surface area (Å²) in [6.07, 6.45) is 9.48. The van der Waals surface area contributed by atoms with Crippen LogP contribution in [0.5, 0.6) is 11.6 Å². The molecule has 3 aliphatic rings. The first-order valence-corrected chi connectivity index (χ1v) is 10.2. The lowest BCUT2D eigenvalue weighted by Crippen LogP contribution is -2.20. The minimum atomic E-state index is -0.229. The third-order valence-electron chi connectivity index (χ3n) is 6.98. The number of aryl methyl sites for hydroxylation is 1. The lowest BCUT2D eigenvalue weighted by atomic mass is 9.83. The summed E-state index contributed by atoms with van der Waals surface area (Å²) < 4.78 is 11.5. The molecule has 0 amide bonds. The van der Waals surface area contributed by atoms with Gasteiger partial charge in [-0.05, 0) is 57.1 Å². The molecule has 0 aromatic carbocycles. The maximum Gasteiger partial charge on any atom is 0.220 e. The third kappa shape index (κ3) is 2.85. The van der Waals surface area contributed by atoms with Crippen LogP contribution in [0.1, 0.15) is 61.5 Å². The molecule has 6 nitrogen and oxygen atoms in total. The van der Waals surface area contributed by atoms with Crippen LogP contribution >= 0.6 is 0 Å². The average molecular weight is 381 g/mol. The van der Waals surface area contributed by atoms with Crippen molar-refractivity contribution >= 4 is 0 Å². The number of hydrogen-bond donors (Lipinski definition) is 1. The Balaban J connectivity index is 1.30. The van der Waals surface area contributed by atoms with E-state index in [4.69, 9.17) is 9.47 Å². The maximum atomic E-state index is 10.1. The Hall–Kier alpha value is -2.21. The molecule has 2 aromatic rings. The van der Waals surface area contributed by atoms with Crippen LogP contribution in [0.2, 0.25) is 0 Å². The molecule has 6 heteroatoms. The molecule has 0 saturated heterocycles. The number of hydrogen-bond acceptors (Lipinski definition) is 6. The Kier molecular flexibility index (Phi) is 4.09. The first kappa shape index (κ1) is 17.9. The van der Waals surface area contributed by atoms with E-state index in [-0.39, 0.29) is 22.9 Å². The molecule has 28 heavy (non-hydrogen) atoms. The van der Waals surface area contributed by atoms with Gasteiger partial charge >= 0.3 is 0 Å². The summed E-state index contributed by atoms with van der Waals surface area (Å²) in [7, 11) is 1.66. The number of aliphatic hydroxyl groups is 1. The third-order valence-corrected chi connectivity index (χ3v) is 6.98. The van der Waals surface area contributed by atoms with E-state index < -0.39 is 0 Å². The van der Waals surface area contributed by atoms with Gasteiger partial charge in [-0.15, -0.1) is 0 Å². The van der Waals surface area contributed by atoms with Gasteiger partial charge in [0.25, 0.3) is 0 Å². The fourth-order valence-corrected chi connectivity index (χ4v) is 5.00. The van der Waals surface area contributed by atoms with E-state index in [2.05, 4.69) is 21.0 Å². The Morgan fingerprint density at radius 3 is 2.75 bits per heavy atom. The second-order valence-corrected chi connectivity index (χ2v) is 8.78.